The van der Waals surface area contributed by atoms with Crippen molar-refractivity contribution >= 4 is 5.91 Å². The number of halogens is 2. The molecule has 0 aliphatic heterocycles. The quantitative estimate of drug-likeness (QED) is 0.439. The normalized spacial score (nSPS) is 10.7. The van der Waals surface area contributed by atoms with Crippen molar-refractivity contribution in [3.05, 3.63) is 42.4 Å². The number of amides is 1. The minimum Gasteiger partial charge on any atom is -1.00 e. The maximum absolute atomic E-state index is 11.4. The molecule has 7 nitrogen and oxygen atoms in total. The summed E-state index contributed by atoms with van der Waals surface area (Å²) in [5, 5.41) is 7.67. The minimum absolute atomic E-state index is 0. The second-order valence-corrected chi connectivity index (χ2v) is 3.66. The topological polar surface area (TPSA) is 123 Å². The predicted molar refractivity (Wildman–Crippen MR) is 61.9 cm³/mol. The van der Waals surface area contributed by atoms with Crippen LogP contribution in [0.1, 0.15) is 11.9 Å². The lowest BCUT2D eigenvalue weighted by Gasteiger charge is -2.05. The van der Waals surface area contributed by atoms with Gasteiger partial charge >= 0.3 is 5.91 Å². The van der Waals surface area contributed by atoms with Gasteiger partial charge in [-0.25, -0.2) is 10.4 Å². The monoisotopic (exact) mass is 404 g/mol. The number of carbonyl (C=O) groups excluding carboxylic acids is 1. The largest absolute Gasteiger partial charge is 1.00 e. The standard InChI is InChI=1S/C11H12N6O.2BrH/c12-9(11(18)16-13)10-15-8(6-14-17-10)7-4-2-1-3-5-7;;/h1-6,9H,12-13H2,(H,16,18);2*1H. The van der Waals surface area contributed by atoms with Gasteiger partial charge in [-0.2, -0.15) is 5.10 Å². The van der Waals surface area contributed by atoms with Crippen LogP contribution in [0.3, 0.4) is 0 Å². The highest BCUT2D eigenvalue weighted by molar-refractivity contribution is 5.79. The van der Waals surface area contributed by atoms with E-state index in [2.05, 4.69) is 32.2 Å². The Labute approximate surface area is 136 Å². The summed E-state index contributed by atoms with van der Waals surface area (Å²) < 4.78 is 0. The van der Waals surface area contributed by atoms with E-state index >= 15 is 0 Å². The van der Waals surface area contributed by atoms with Gasteiger partial charge in [0, 0.05) is 5.56 Å². The van der Waals surface area contributed by atoms with Crippen LogP contribution in [0.15, 0.2) is 36.5 Å². The van der Waals surface area contributed by atoms with Gasteiger partial charge in [0.05, 0.1) is 11.9 Å². The van der Waals surface area contributed by atoms with E-state index in [1.165, 1.54) is 0 Å². The van der Waals surface area contributed by atoms with Gasteiger partial charge in [0.15, 0.2) is 0 Å². The molecule has 2 rings (SSSR count). The maximum Gasteiger partial charge on any atom is 0.331 e. The first-order valence-corrected chi connectivity index (χ1v) is 5.37. The van der Waals surface area contributed by atoms with Crippen LogP contribution >= 0.6 is 0 Å². The Morgan fingerprint density at radius 2 is 1.85 bits per heavy atom. The number of hydrogen-bond donors (Lipinski definition) is 3. The average Bonchev–Trinajstić information content (AvgIpc) is 2.46. The van der Waals surface area contributed by atoms with Crippen LogP contribution in [0.4, 0.5) is 0 Å². The van der Waals surface area contributed by atoms with E-state index in [4.69, 9.17) is 0 Å². The van der Waals surface area contributed by atoms with Crippen LogP contribution < -0.4 is 51.0 Å². The molecule has 108 valence electrons. The van der Waals surface area contributed by atoms with Gasteiger partial charge in [0.2, 0.25) is 11.9 Å². The molecule has 0 fully saturated rings. The molecule has 9 heteroatoms. The molecule has 1 aromatic heterocycles. The van der Waals surface area contributed by atoms with Crippen LogP contribution in [0, 0.1) is 0 Å². The molecular weight excluding hydrogens is 392 g/mol. The van der Waals surface area contributed by atoms with Crippen LogP contribution in [-0.4, -0.2) is 21.1 Å². The zero-order valence-corrected chi connectivity index (χ0v) is 13.6. The van der Waals surface area contributed by atoms with Crippen LogP contribution in [0.5, 0.6) is 0 Å². The van der Waals surface area contributed by atoms with Crippen molar-refractivity contribution in [2.75, 3.05) is 0 Å². The molecule has 20 heavy (non-hydrogen) atoms. The van der Waals surface area contributed by atoms with E-state index in [-0.39, 0.29) is 45.7 Å². The Balaban J connectivity index is 0.00000180. The summed E-state index contributed by atoms with van der Waals surface area (Å²) in [6.07, 6.45) is 1.55. The van der Waals surface area contributed by atoms with E-state index in [0.717, 1.165) is 5.56 Å². The van der Waals surface area contributed by atoms with Crippen molar-refractivity contribution in [1.29, 1.82) is 0 Å². The summed E-state index contributed by atoms with van der Waals surface area (Å²) in [5.41, 5.74) is 7.53. The molecule has 1 amide bonds. The fourth-order valence-electron chi connectivity index (χ4n) is 1.45. The van der Waals surface area contributed by atoms with Gasteiger partial charge in [0.1, 0.15) is 0 Å². The van der Waals surface area contributed by atoms with E-state index in [1.807, 2.05) is 30.3 Å². The summed E-state index contributed by atoms with van der Waals surface area (Å²) in [7, 11) is 0. The van der Waals surface area contributed by atoms with Crippen LogP contribution in [0.2, 0.25) is 0 Å². The molecule has 0 saturated carbocycles. The first-order valence-electron chi connectivity index (χ1n) is 5.37. The Bertz CT molecular complexity index is 554. The summed E-state index contributed by atoms with van der Waals surface area (Å²) >= 11 is 0. The molecule has 1 unspecified atom stereocenters. The summed E-state index contributed by atoms with van der Waals surface area (Å²) in [6, 6.07) is 8.82. The van der Waals surface area contributed by atoms with Gasteiger partial charge in [-0.05, 0) is 0 Å². The molecule has 1 atom stereocenters. The second-order valence-electron chi connectivity index (χ2n) is 3.66. The Kier molecular flexibility index (Phi) is 8.07. The lowest BCUT2D eigenvalue weighted by Crippen LogP contribution is -3.00. The number of aromatic nitrogens is 3. The molecule has 1 heterocycles. The first-order chi connectivity index (χ1) is 8.72. The Hall–Kier alpha value is -1.42. The zero-order chi connectivity index (χ0) is 13.0. The molecule has 2 aromatic rings. The third-order valence-electron chi connectivity index (χ3n) is 2.45. The molecular formula is C11H14Br2N6O. The highest BCUT2D eigenvalue weighted by atomic mass is 79.9. The highest BCUT2D eigenvalue weighted by Crippen LogP contribution is 2.15. The number of nitrogens with zero attached hydrogens (tertiary/aromatic N) is 3. The fourth-order valence-corrected chi connectivity index (χ4v) is 1.45. The molecule has 0 radical (unpaired) electrons. The molecule has 0 saturated heterocycles. The molecule has 0 bridgehead atoms. The lowest BCUT2D eigenvalue weighted by atomic mass is 10.1. The minimum atomic E-state index is -0.723. The molecule has 0 aliphatic rings. The van der Waals surface area contributed by atoms with Crippen molar-refractivity contribution < 1.29 is 50.3 Å². The van der Waals surface area contributed by atoms with Crippen molar-refractivity contribution in [1.82, 2.24) is 20.6 Å². The maximum atomic E-state index is 11.4. The van der Waals surface area contributed by atoms with E-state index in [9.17, 15) is 4.79 Å². The van der Waals surface area contributed by atoms with Gasteiger partial charge in [-0.1, -0.05) is 30.3 Å². The number of hydrogen-bond acceptors (Lipinski definition) is 4. The molecule has 1 aromatic carbocycles. The summed E-state index contributed by atoms with van der Waals surface area (Å²) in [4.78, 5) is 15.7. The van der Waals surface area contributed by atoms with Crippen molar-refractivity contribution in [3.8, 4) is 11.3 Å². The number of rotatable bonds is 3. The number of nitrogens with one attached hydrogen (secondary N) is 1. The van der Waals surface area contributed by atoms with Crippen molar-refractivity contribution in [3.63, 3.8) is 0 Å². The van der Waals surface area contributed by atoms with Gasteiger partial charge in [-0.15, -0.1) is 5.10 Å². The molecule has 0 spiro atoms. The fraction of sp³-hybridized carbons (Fsp3) is 0.0909. The predicted octanol–water partition coefficient (Wildman–Crippen LogP) is -7.90. The Morgan fingerprint density at radius 1 is 1.20 bits per heavy atom. The third-order valence-corrected chi connectivity index (χ3v) is 2.45. The number of benzene rings is 1. The molecule has 0 aliphatic carbocycles. The van der Waals surface area contributed by atoms with Crippen molar-refractivity contribution in [2.24, 2.45) is 0 Å². The number of quaternary nitrogens is 2. The SMILES string of the molecule is [Br-].[Br-].[NH3+]NC(=O)C([NH3+])c1nncc(-c2ccccc2)n1. The highest BCUT2D eigenvalue weighted by Gasteiger charge is 2.23. The summed E-state index contributed by atoms with van der Waals surface area (Å²) in [5.74, 6) is 3.23. The average molecular weight is 406 g/mol. The van der Waals surface area contributed by atoms with Crippen LogP contribution in [-0.2, 0) is 4.79 Å². The number of carbonyl (C=O) groups is 1. The zero-order valence-electron chi connectivity index (χ0n) is 10.5. The Morgan fingerprint density at radius 3 is 2.45 bits per heavy atom. The first kappa shape index (κ1) is 18.6. The third kappa shape index (κ3) is 4.30. The van der Waals surface area contributed by atoms with Crippen molar-refractivity contribution in [2.45, 2.75) is 6.04 Å². The second kappa shape index (κ2) is 8.69. The van der Waals surface area contributed by atoms with E-state index < -0.39 is 6.04 Å². The lowest BCUT2D eigenvalue weighted by molar-refractivity contribution is -0.451. The smallest absolute Gasteiger partial charge is 0.331 e. The summed E-state index contributed by atoms with van der Waals surface area (Å²) in [6.45, 7) is 0. The van der Waals surface area contributed by atoms with Crippen LogP contribution in [0.25, 0.3) is 11.3 Å². The van der Waals surface area contributed by atoms with E-state index in [1.54, 1.807) is 6.20 Å². The van der Waals surface area contributed by atoms with Gasteiger partial charge in [-0.3, -0.25) is 10.6 Å². The van der Waals surface area contributed by atoms with Gasteiger partial charge in [0.25, 0.3) is 0 Å². The van der Waals surface area contributed by atoms with E-state index in [0.29, 0.717) is 5.69 Å². The molecule has 7 N–H and O–H groups in total. The van der Waals surface area contributed by atoms with Gasteiger partial charge < -0.3 is 39.7 Å².